The zero-order valence-electron chi connectivity index (χ0n) is 18.0. The average Bonchev–Trinajstić information content (AvgIpc) is 2.63. The molecule has 1 aromatic heterocycles. The number of carbonyl (C=O) groups excluding carboxylic acids is 1. The molecule has 1 aromatic carbocycles. The minimum atomic E-state index is -4.62. The molecule has 2 aromatic rings. The Balaban J connectivity index is 2.63. The van der Waals surface area contributed by atoms with E-state index in [1.165, 1.54) is 19.1 Å². The van der Waals surface area contributed by atoms with Crippen molar-refractivity contribution in [3.05, 3.63) is 52.8 Å². The maximum atomic E-state index is 13.7. The molecule has 0 amide bonds. The summed E-state index contributed by atoms with van der Waals surface area (Å²) in [6, 6.07) is 7.51. The number of hydrogen-bond acceptors (Lipinski definition) is 5. The van der Waals surface area contributed by atoms with Gasteiger partial charge in [-0.3, -0.25) is 9.52 Å². The van der Waals surface area contributed by atoms with Crippen LogP contribution in [0.1, 0.15) is 55.7 Å². The van der Waals surface area contributed by atoms with Gasteiger partial charge in [0.05, 0.1) is 25.3 Å². The minimum absolute atomic E-state index is 0.139. The highest BCUT2D eigenvalue weighted by molar-refractivity contribution is 7.98. The van der Waals surface area contributed by atoms with E-state index in [1.807, 2.05) is 52.8 Å². The second-order valence-corrected chi connectivity index (χ2v) is 9.76. The van der Waals surface area contributed by atoms with Gasteiger partial charge in [0.15, 0.2) is 0 Å². The zero-order valence-corrected chi connectivity index (χ0v) is 18.8. The van der Waals surface area contributed by atoms with Gasteiger partial charge in [0.25, 0.3) is 0 Å². The van der Waals surface area contributed by atoms with E-state index in [2.05, 4.69) is 9.71 Å². The fourth-order valence-electron chi connectivity index (χ4n) is 2.99. The fraction of sp³-hybridized carbons (Fsp3) is 0.455. The number of aryl methyl sites for hydroxylation is 2. The first-order chi connectivity index (χ1) is 13.8. The van der Waals surface area contributed by atoms with E-state index < -0.39 is 23.9 Å². The van der Waals surface area contributed by atoms with Crippen molar-refractivity contribution in [2.24, 2.45) is 0 Å². The van der Waals surface area contributed by atoms with Gasteiger partial charge < -0.3 is 4.74 Å². The van der Waals surface area contributed by atoms with Gasteiger partial charge in [-0.2, -0.15) is 13.2 Å². The van der Waals surface area contributed by atoms with Crippen LogP contribution in [0.2, 0.25) is 0 Å². The van der Waals surface area contributed by atoms with Crippen LogP contribution in [-0.4, -0.2) is 22.8 Å². The lowest BCUT2D eigenvalue weighted by atomic mass is 9.94. The standard InChI is InChI=1S/C22H27F3N2O2S/c1-13-8-7-9-14(2)20(13)15-10-16(26-18(11-15)22(23,24)25)17(12-19(28)29-6)27-30-21(3,4)5/h7-11,17,27H,12H2,1-6H3. The second-order valence-electron chi connectivity index (χ2n) is 8.10. The van der Waals surface area contributed by atoms with E-state index in [-0.39, 0.29) is 16.9 Å². The number of carbonyl (C=O) groups is 1. The molecule has 0 aliphatic rings. The number of pyridine rings is 1. The molecule has 4 nitrogen and oxygen atoms in total. The van der Waals surface area contributed by atoms with E-state index >= 15 is 0 Å². The molecule has 30 heavy (non-hydrogen) atoms. The van der Waals surface area contributed by atoms with Crippen molar-refractivity contribution in [1.29, 1.82) is 0 Å². The second kappa shape index (κ2) is 9.39. The molecule has 2 rings (SSSR count). The normalized spacial score (nSPS) is 13.2. The number of hydrogen-bond donors (Lipinski definition) is 1. The quantitative estimate of drug-likeness (QED) is 0.439. The third kappa shape index (κ3) is 6.47. The van der Waals surface area contributed by atoms with E-state index in [1.54, 1.807) is 6.07 Å². The predicted octanol–water partition coefficient (Wildman–Crippen LogP) is 6.02. The summed E-state index contributed by atoms with van der Waals surface area (Å²) in [4.78, 5) is 15.8. The van der Waals surface area contributed by atoms with E-state index in [9.17, 15) is 18.0 Å². The van der Waals surface area contributed by atoms with Crippen molar-refractivity contribution in [3.63, 3.8) is 0 Å². The molecular weight excluding hydrogens is 413 g/mol. The van der Waals surface area contributed by atoms with Crippen LogP contribution in [-0.2, 0) is 15.7 Å². The Hall–Kier alpha value is -2.06. The molecule has 0 spiro atoms. The molecule has 0 bridgehead atoms. The fourth-order valence-corrected chi connectivity index (χ4v) is 3.69. The third-order valence-corrected chi connectivity index (χ3v) is 5.38. The van der Waals surface area contributed by atoms with Crippen LogP contribution in [0.5, 0.6) is 0 Å². The molecule has 0 radical (unpaired) electrons. The maximum Gasteiger partial charge on any atom is 0.433 e. The third-order valence-electron chi connectivity index (χ3n) is 4.37. The number of rotatable bonds is 6. The Kier molecular flexibility index (Phi) is 7.58. The Bertz CT molecular complexity index is 888. The van der Waals surface area contributed by atoms with Crippen molar-refractivity contribution < 1.29 is 22.7 Å². The number of alkyl halides is 3. The first-order valence-electron chi connectivity index (χ1n) is 9.48. The number of ether oxygens (including phenoxy) is 1. The lowest BCUT2D eigenvalue weighted by Crippen LogP contribution is -2.26. The molecule has 0 aliphatic carbocycles. The van der Waals surface area contributed by atoms with Gasteiger partial charge in [0.1, 0.15) is 5.69 Å². The summed E-state index contributed by atoms with van der Waals surface area (Å²) in [5.74, 6) is -0.533. The molecule has 164 valence electrons. The first-order valence-corrected chi connectivity index (χ1v) is 10.3. The summed E-state index contributed by atoms with van der Waals surface area (Å²) >= 11 is 1.33. The number of aromatic nitrogens is 1. The molecule has 1 heterocycles. The monoisotopic (exact) mass is 440 g/mol. The summed E-state index contributed by atoms with van der Waals surface area (Å²) < 4.78 is 48.6. The Morgan fingerprint density at radius 1 is 1.17 bits per heavy atom. The highest BCUT2D eigenvalue weighted by Crippen LogP contribution is 2.36. The van der Waals surface area contributed by atoms with E-state index in [0.717, 1.165) is 22.8 Å². The molecule has 1 unspecified atom stereocenters. The Morgan fingerprint density at radius 3 is 2.27 bits per heavy atom. The van der Waals surface area contributed by atoms with Crippen molar-refractivity contribution in [2.45, 2.75) is 58.0 Å². The molecule has 0 aliphatic heterocycles. The lowest BCUT2D eigenvalue weighted by Gasteiger charge is -2.24. The predicted molar refractivity (Wildman–Crippen MR) is 114 cm³/mol. The molecule has 8 heteroatoms. The summed E-state index contributed by atoms with van der Waals surface area (Å²) in [5.41, 5.74) is 2.02. The highest BCUT2D eigenvalue weighted by Gasteiger charge is 2.34. The molecule has 0 fully saturated rings. The lowest BCUT2D eigenvalue weighted by molar-refractivity contribution is -0.141. The van der Waals surface area contributed by atoms with Crippen molar-refractivity contribution in [3.8, 4) is 11.1 Å². The highest BCUT2D eigenvalue weighted by atomic mass is 32.2. The van der Waals surface area contributed by atoms with Crippen molar-refractivity contribution in [2.75, 3.05) is 7.11 Å². The average molecular weight is 441 g/mol. The van der Waals surface area contributed by atoms with Crippen molar-refractivity contribution in [1.82, 2.24) is 9.71 Å². The van der Waals surface area contributed by atoms with Crippen LogP contribution in [0.25, 0.3) is 11.1 Å². The van der Waals surface area contributed by atoms with Gasteiger partial charge in [0, 0.05) is 4.75 Å². The van der Waals surface area contributed by atoms with Crippen LogP contribution in [0.4, 0.5) is 13.2 Å². The number of methoxy groups -OCH3 is 1. The van der Waals surface area contributed by atoms with Gasteiger partial charge in [-0.25, -0.2) is 4.98 Å². The van der Waals surface area contributed by atoms with Gasteiger partial charge in [-0.1, -0.05) is 30.1 Å². The van der Waals surface area contributed by atoms with Crippen LogP contribution in [0.3, 0.4) is 0 Å². The van der Waals surface area contributed by atoms with Crippen LogP contribution < -0.4 is 4.72 Å². The maximum absolute atomic E-state index is 13.7. The van der Waals surface area contributed by atoms with Gasteiger partial charge in [0.2, 0.25) is 0 Å². The van der Waals surface area contributed by atoms with Gasteiger partial charge >= 0.3 is 12.1 Å². The van der Waals surface area contributed by atoms with E-state index in [0.29, 0.717) is 5.56 Å². The first kappa shape index (κ1) is 24.2. The smallest absolute Gasteiger partial charge is 0.433 e. The van der Waals surface area contributed by atoms with Crippen molar-refractivity contribution >= 4 is 17.9 Å². The number of esters is 1. The minimum Gasteiger partial charge on any atom is -0.469 e. The summed E-state index contributed by atoms with van der Waals surface area (Å²) in [6.07, 6.45) is -4.76. The Labute approximate surface area is 179 Å². The topological polar surface area (TPSA) is 51.2 Å². The number of nitrogens with one attached hydrogen (secondary N) is 1. The van der Waals surface area contributed by atoms with Gasteiger partial charge in [-0.05, 0) is 69.0 Å². The van der Waals surface area contributed by atoms with Crippen LogP contribution in [0.15, 0.2) is 30.3 Å². The molecular formula is C22H27F3N2O2S. The summed E-state index contributed by atoms with van der Waals surface area (Å²) in [6.45, 7) is 9.59. The van der Waals surface area contributed by atoms with Crippen LogP contribution in [0, 0.1) is 13.8 Å². The summed E-state index contributed by atoms with van der Waals surface area (Å²) in [5, 5.41) is 0. The largest absolute Gasteiger partial charge is 0.469 e. The molecule has 1 atom stereocenters. The SMILES string of the molecule is COC(=O)CC(NSC(C)(C)C)c1cc(-c2c(C)cccc2C)cc(C(F)(F)F)n1. The van der Waals surface area contributed by atoms with Gasteiger partial charge in [-0.15, -0.1) is 0 Å². The van der Waals surface area contributed by atoms with Crippen LogP contribution >= 0.6 is 11.9 Å². The number of benzene rings is 1. The summed E-state index contributed by atoms with van der Waals surface area (Å²) in [7, 11) is 1.25. The number of nitrogens with zero attached hydrogens (tertiary/aromatic N) is 1. The molecule has 0 saturated carbocycles. The molecule has 1 N–H and O–H groups in total. The molecule has 0 saturated heterocycles. The zero-order chi connectivity index (χ0) is 22.7. The Morgan fingerprint density at radius 2 is 1.77 bits per heavy atom. The number of halogens is 3. The van der Waals surface area contributed by atoms with E-state index in [4.69, 9.17) is 4.74 Å².